The van der Waals surface area contributed by atoms with Crippen LogP contribution in [0.15, 0.2) is 43.0 Å². The normalized spacial score (nSPS) is 12.4. The minimum Gasteiger partial charge on any atom is -0.383 e. The van der Waals surface area contributed by atoms with Crippen LogP contribution >= 0.6 is 0 Å². The summed E-state index contributed by atoms with van der Waals surface area (Å²) in [6, 6.07) is 9.06. The zero-order valence-electron chi connectivity index (χ0n) is 10.4. The fourth-order valence-corrected chi connectivity index (χ4v) is 1.74. The fourth-order valence-electron chi connectivity index (χ4n) is 1.74. The van der Waals surface area contributed by atoms with Gasteiger partial charge >= 0.3 is 0 Å². The second-order valence-electron chi connectivity index (χ2n) is 4.39. The minimum absolute atomic E-state index is 0.512. The topological polar surface area (TPSA) is 29.9 Å². The fraction of sp³-hybridized carbons (Fsp3) is 0.357. The molecule has 1 aromatic carbocycles. The molecule has 0 aliphatic heterocycles. The molecular formula is C14H19N3. The van der Waals surface area contributed by atoms with Gasteiger partial charge in [-0.3, -0.25) is 0 Å². The predicted molar refractivity (Wildman–Crippen MR) is 71.1 cm³/mol. The molecule has 0 radical (unpaired) electrons. The van der Waals surface area contributed by atoms with Crippen molar-refractivity contribution in [1.29, 1.82) is 0 Å². The Bertz CT molecular complexity index is 448. The van der Waals surface area contributed by atoms with E-state index in [1.165, 1.54) is 11.3 Å². The van der Waals surface area contributed by atoms with Crippen LogP contribution in [0, 0.1) is 0 Å². The maximum atomic E-state index is 4.05. The molecule has 3 heteroatoms. The van der Waals surface area contributed by atoms with Gasteiger partial charge in [-0.15, -0.1) is 0 Å². The number of nitrogens with one attached hydrogen (secondary N) is 1. The Labute approximate surface area is 103 Å². The van der Waals surface area contributed by atoms with Crippen LogP contribution < -0.4 is 5.32 Å². The lowest BCUT2D eigenvalue weighted by Gasteiger charge is -2.14. The third-order valence-corrected chi connectivity index (χ3v) is 2.88. The Morgan fingerprint density at radius 2 is 2.29 bits per heavy atom. The molecule has 90 valence electrons. The predicted octanol–water partition coefficient (Wildman–Crippen LogP) is 3.14. The molecule has 1 aromatic heterocycles. The monoisotopic (exact) mass is 229 g/mol. The van der Waals surface area contributed by atoms with Crippen molar-refractivity contribution in [2.45, 2.75) is 32.9 Å². The van der Waals surface area contributed by atoms with Crippen molar-refractivity contribution in [1.82, 2.24) is 9.55 Å². The molecule has 1 heterocycles. The molecule has 0 bridgehead atoms. The van der Waals surface area contributed by atoms with E-state index in [1.807, 2.05) is 12.5 Å². The third kappa shape index (κ3) is 3.34. The van der Waals surface area contributed by atoms with Crippen LogP contribution in [-0.2, 0) is 6.54 Å². The van der Waals surface area contributed by atoms with Crippen molar-refractivity contribution < 1.29 is 0 Å². The number of anilines is 1. The Kier molecular flexibility index (Phi) is 3.81. The molecule has 0 aliphatic carbocycles. The number of hydrogen-bond donors (Lipinski definition) is 1. The Morgan fingerprint density at radius 3 is 3.00 bits per heavy atom. The van der Waals surface area contributed by atoms with E-state index >= 15 is 0 Å². The summed E-state index contributed by atoms with van der Waals surface area (Å²) in [5.74, 6) is 0. The first-order valence-corrected chi connectivity index (χ1v) is 6.09. The zero-order valence-corrected chi connectivity index (χ0v) is 10.4. The molecular weight excluding hydrogens is 210 g/mol. The second kappa shape index (κ2) is 5.53. The average molecular weight is 229 g/mol. The van der Waals surface area contributed by atoms with E-state index in [9.17, 15) is 0 Å². The summed E-state index contributed by atoms with van der Waals surface area (Å²) in [6.45, 7) is 5.26. The van der Waals surface area contributed by atoms with Gasteiger partial charge in [-0.2, -0.15) is 0 Å². The molecule has 0 aliphatic rings. The van der Waals surface area contributed by atoms with Gasteiger partial charge in [0.15, 0.2) is 0 Å². The number of hydrogen-bond acceptors (Lipinski definition) is 2. The van der Waals surface area contributed by atoms with Gasteiger partial charge in [0, 0.05) is 30.7 Å². The number of nitrogens with zero attached hydrogens (tertiary/aromatic N) is 2. The van der Waals surface area contributed by atoms with Gasteiger partial charge in [0.25, 0.3) is 0 Å². The first-order valence-electron chi connectivity index (χ1n) is 6.09. The standard InChI is InChI=1S/C14H19N3/c1-3-12(2)16-14-6-4-5-13(9-14)10-17-8-7-15-11-17/h4-9,11-12,16H,3,10H2,1-2H3. The van der Waals surface area contributed by atoms with Crippen molar-refractivity contribution in [3.05, 3.63) is 48.5 Å². The van der Waals surface area contributed by atoms with Crippen LogP contribution in [0.1, 0.15) is 25.8 Å². The quantitative estimate of drug-likeness (QED) is 0.853. The molecule has 2 rings (SSSR count). The van der Waals surface area contributed by atoms with Gasteiger partial charge in [0.1, 0.15) is 0 Å². The summed E-state index contributed by atoms with van der Waals surface area (Å²) >= 11 is 0. The van der Waals surface area contributed by atoms with Crippen molar-refractivity contribution >= 4 is 5.69 Å². The Balaban J connectivity index is 2.06. The number of aromatic nitrogens is 2. The lowest BCUT2D eigenvalue weighted by Crippen LogP contribution is -2.13. The Morgan fingerprint density at radius 1 is 1.41 bits per heavy atom. The maximum Gasteiger partial charge on any atom is 0.0949 e. The molecule has 1 atom stereocenters. The molecule has 1 N–H and O–H groups in total. The van der Waals surface area contributed by atoms with Gasteiger partial charge in [-0.1, -0.05) is 19.1 Å². The van der Waals surface area contributed by atoms with Crippen LogP contribution in [0.3, 0.4) is 0 Å². The van der Waals surface area contributed by atoms with Gasteiger partial charge in [0.05, 0.1) is 6.33 Å². The molecule has 0 spiro atoms. The summed E-state index contributed by atoms with van der Waals surface area (Å²) < 4.78 is 2.07. The van der Waals surface area contributed by atoms with E-state index in [0.29, 0.717) is 6.04 Å². The highest BCUT2D eigenvalue weighted by Crippen LogP contribution is 2.13. The maximum absolute atomic E-state index is 4.05. The van der Waals surface area contributed by atoms with Gasteiger partial charge in [-0.25, -0.2) is 4.98 Å². The highest BCUT2D eigenvalue weighted by atomic mass is 15.0. The largest absolute Gasteiger partial charge is 0.383 e. The molecule has 2 aromatic rings. The number of imidazole rings is 1. The SMILES string of the molecule is CCC(C)Nc1cccc(Cn2ccnc2)c1. The number of rotatable bonds is 5. The van der Waals surface area contributed by atoms with Gasteiger partial charge < -0.3 is 9.88 Å². The summed E-state index contributed by atoms with van der Waals surface area (Å²) in [6.07, 6.45) is 6.76. The lowest BCUT2D eigenvalue weighted by atomic mass is 10.1. The molecule has 0 saturated heterocycles. The summed E-state index contributed by atoms with van der Waals surface area (Å²) in [5.41, 5.74) is 2.48. The molecule has 1 unspecified atom stereocenters. The van der Waals surface area contributed by atoms with Crippen LogP contribution in [0.25, 0.3) is 0 Å². The van der Waals surface area contributed by atoms with Gasteiger partial charge in [0.2, 0.25) is 0 Å². The van der Waals surface area contributed by atoms with E-state index in [-0.39, 0.29) is 0 Å². The molecule has 0 amide bonds. The first kappa shape index (κ1) is 11.7. The number of benzene rings is 1. The van der Waals surface area contributed by atoms with E-state index in [1.54, 1.807) is 6.20 Å². The zero-order chi connectivity index (χ0) is 12.1. The van der Waals surface area contributed by atoms with Crippen molar-refractivity contribution in [3.63, 3.8) is 0 Å². The van der Waals surface area contributed by atoms with Crippen LogP contribution in [0.4, 0.5) is 5.69 Å². The van der Waals surface area contributed by atoms with Crippen molar-refractivity contribution in [3.8, 4) is 0 Å². The van der Waals surface area contributed by atoms with Crippen LogP contribution in [0.5, 0.6) is 0 Å². The molecule has 0 saturated carbocycles. The second-order valence-corrected chi connectivity index (χ2v) is 4.39. The van der Waals surface area contributed by atoms with Gasteiger partial charge in [-0.05, 0) is 31.0 Å². The van der Waals surface area contributed by atoms with Crippen molar-refractivity contribution in [2.24, 2.45) is 0 Å². The molecule has 0 fully saturated rings. The first-order chi connectivity index (χ1) is 8.28. The van der Waals surface area contributed by atoms with Crippen LogP contribution in [-0.4, -0.2) is 15.6 Å². The third-order valence-electron chi connectivity index (χ3n) is 2.88. The van der Waals surface area contributed by atoms with E-state index in [2.05, 4.69) is 53.0 Å². The smallest absolute Gasteiger partial charge is 0.0949 e. The van der Waals surface area contributed by atoms with Crippen molar-refractivity contribution in [2.75, 3.05) is 5.32 Å². The van der Waals surface area contributed by atoms with E-state index in [0.717, 1.165) is 13.0 Å². The summed E-state index contributed by atoms with van der Waals surface area (Å²) in [7, 11) is 0. The Hall–Kier alpha value is -1.77. The lowest BCUT2D eigenvalue weighted by molar-refractivity contribution is 0.762. The van der Waals surface area contributed by atoms with E-state index in [4.69, 9.17) is 0 Å². The molecule has 3 nitrogen and oxygen atoms in total. The highest BCUT2D eigenvalue weighted by Gasteiger charge is 2.00. The van der Waals surface area contributed by atoms with Crippen LogP contribution in [0.2, 0.25) is 0 Å². The highest BCUT2D eigenvalue weighted by molar-refractivity contribution is 5.46. The molecule has 17 heavy (non-hydrogen) atoms. The van der Waals surface area contributed by atoms with E-state index < -0.39 is 0 Å². The average Bonchev–Trinajstić information content (AvgIpc) is 2.82. The summed E-state index contributed by atoms with van der Waals surface area (Å²) in [5, 5.41) is 3.49. The minimum atomic E-state index is 0.512. The summed E-state index contributed by atoms with van der Waals surface area (Å²) in [4.78, 5) is 4.05.